The minimum absolute atomic E-state index is 0.148. The van der Waals surface area contributed by atoms with Crippen LogP contribution in [0.3, 0.4) is 0 Å². The van der Waals surface area contributed by atoms with E-state index in [-0.39, 0.29) is 5.54 Å². The van der Waals surface area contributed by atoms with Crippen LogP contribution in [0, 0.1) is 0 Å². The van der Waals surface area contributed by atoms with Gasteiger partial charge in [0, 0.05) is 17.7 Å². The molecule has 2 nitrogen and oxygen atoms in total. The zero-order valence-electron chi connectivity index (χ0n) is 11.8. The quantitative estimate of drug-likeness (QED) is 0.797. The zero-order valence-corrected chi connectivity index (χ0v) is 11.8. The van der Waals surface area contributed by atoms with E-state index in [2.05, 4.69) is 50.4 Å². The second kappa shape index (κ2) is 5.55. The molecule has 0 amide bonds. The van der Waals surface area contributed by atoms with Gasteiger partial charge in [0.25, 0.3) is 0 Å². The van der Waals surface area contributed by atoms with Crippen molar-refractivity contribution in [3.05, 3.63) is 24.3 Å². The summed E-state index contributed by atoms with van der Waals surface area (Å²) in [6.45, 7) is 6.80. The topological polar surface area (TPSA) is 24.4 Å². The molecule has 1 aliphatic heterocycles. The van der Waals surface area contributed by atoms with Crippen LogP contribution in [0.15, 0.2) is 29.3 Å². The van der Waals surface area contributed by atoms with Gasteiger partial charge in [0.05, 0.1) is 11.4 Å². The van der Waals surface area contributed by atoms with Crippen LogP contribution < -0.4 is 5.32 Å². The van der Waals surface area contributed by atoms with Crippen LogP contribution in [0.5, 0.6) is 0 Å². The Bertz CT molecular complexity index is 436. The van der Waals surface area contributed by atoms with Crippen LogP contribution in [-0.2, 0) is 0 Å². The van der Waals surface area contributed by atoms with Gasteiger partial charge < -0.3 is 5.32 Å². The molecule has 1 heterocycles. The van der Waals surface area contributed by atoms with Gasteiger partial charge in [-0.2, -0.15) is 0 Å². The van der Waals surface area contributed by atoms with E-state index < -0.39 is 0 Å². The monoisotopic (exact) mass is 244 g/mol. The van der Waals surface area contributed by atoms with Crippen LogP contribution in [0.1, 0.15) is 52.9 Å². The second-order valence-electron chi connectivity index (χ2n) is 5.56. The van der Waals surface area contributed by atoms with Crippen molar-refractivity contribution in [2.45, 2.75) is 58.4 Å². The highest BCUT2D eigenvalue weighted by Crippen LogP contribution is 2.35. The van der Waals surface area contributed by atoms with E-state index in [9.17, 15) is 0 Å². The van der Waals surface area contributed by atoms with Gasteiger partial charge >= 0.3 is 0 Å². The molecule has 2 rings (SSSR count). The summed E-state index contributed by atoms with van der Waals surface area (Å²) in [4.78, 5) is 4.86. The van der Waals surface area contributed by atoms with Crippen molar-refractivity contribution < 1.29 is 0 Å². The Morgan fingerprint density at radius 2 is 2.00 bits per heavy atom. The molecule has 2 heteroatoms. The van der Waals surface area contributed by atoms with Crippen LogP contribution in [0.4, 0.5) is 11.4 Å². The van der Waals surface area contributed by atoms with Gasteiger partial charge in [-0.25, -0.2) is 0 Å². The van der Waals surface area contributed by atoms with Gasteiger partial charge in [0.15, 0.2) is 0 Å². The van der Waals surface area contributed by atoms with Crippen LogP contribution in [-0.4, -0.2) is 11.3 Å². The Morgan fingerprint density at radius 3 is 2.72 bits per heavy atom. The lowest BCUT2D eigenvalue weighted by molar-refractivity contribution is 0.481. The summed E-state index contributed by atoms with van der Waals surface area (Å²) in [6, 6.07) is 8.39. The van der Waals surface area contributed by atoms with Crippen molar-refractivity contribution in [1.82, 2.24) is 0 Å². The molecule has 0 bridgehead atoms. The van der Waals surface area contributed by atoms with Crippen LogP contribution in [0.25, 0.3) is 0 Å². The van der Waals surface area contributed by atoms with Crippen molar-refractivity contribution in [2.75, 3.05) is 5.32 Å². The molecule has 0 radical (unpaired) electrons. The number of nitrogens with one attached hydrogen (secondary N) is 1. The first-order valence-corrected chi connectivity index (χ1v) is 7.10. The molecule has 0 saturated carbocycles. The standard InChI is InChI=1S/C16H24N2/c1-4-8-13-12-16(3,11-5-2)18-15-10-7-6-9-14(15)17-13/h6-7,9-10,18H,4-5,8,11-12H2,1-3H3. The molecule has 0 aromatic heterocycles. The van der Waals surface area contributed by atoms with Gasteiger partial charge in [-0.15, -0.1) is 0 Å². The molecule has 0 saturated heterocycles. The number of nitrogens with zero attached hydrogens (tertiary/aromatic N) is 1. The molecule has 1 atom stereocenters. The predicted molar refractivity (Wildman–Crippen MR) is 80.0 cm³/mol. The van der Waals surface area contributed by atoms with Gasteiger partial charge in [-0.1, -0.05) is 38.8 Å². The highest BCUT2D eigenvalue weighted by molar-refractivity contribution is 5.91. The summed E-state index contributed by atoms with van der Waals surface area (Å²) >= 11 is 0. The molecule has 0 fully saturated rings. The maximum atomic E-state index is 4.86. The third-order valence-electron chi connectivity index (χ3n) is 3.55. The zero-order chi connectivity index (χ0) is 13.0. The van der Waals surface area contributed by atoms with E-state index in [4.69, 9.17) is 4.99 Å². The number of benzene rings is 1. The Labute approximate surface area is 111 Å². The molecule has 1 aromatic carbocycles. The predicted octanol–water partition coefficient (Wildman–Crippen LogP) is 4.93. The summed E-state index contributed by atoms with van der Waals surface area (Å²) < 4.78 is 0. The van der Waals surface area contributed by atoms with Crippen molar-refractivity contribution in [1.29, 1.82) is 0 Å². The number of para-hydroxylation sites is 2. The third kappa shape index (κ3) is 2.92. The van der Waals surface area contributed by atoms with E-state index in [0.29, 0.717) is 0 Å². The highest BCUT2D eigenvalue weighted by Gasteiger charge is 2.28. The molecule has 98 valence electrons. The number of rotatable bonds is 4. The van der Waals surface area contributed by atoms with Gasteiger partial charge in [-0.3, -0.25) is 4.99 Å². The second-order valence-corrected chi connectivity index (χ2v) is 5.56. The Balaban J connectivity index is 2.36. The van der Waals surface area contributed by atoms with Crippen LogP contribution in [0.2, 0.25) is 0 Å². The van der Waals surface area contributed by atoms with Crippen molar-refractivity contribution in [3.63, 3.8) is 0 Å². The minimum atomic E-state index is 0.148. The SMILES string of the molecule is CCCC1=Nc2ccccc2NC(C)(CCC)C1. The first kappa shape index (κ1) is 13.1. The molecular formula is C16H24N2. The van der Waals surface area contributed by atoms with E-state index in [0.717, 1.165) is 18.5 Å². The van der Waals surface area contributed by atoms with E-state index in [1.807, 2.05) is 0 Å². The number of anilines is 1. The fourth-order valence-corrected chi connectivity index (χ4v) is 2.84. The molecule has 18 heavy (non-hydrogen) atoms. The first-order valence-electron chi connectivity index (χ1n) is 7.10. The summed E-state index contributed by atoms with van der Waals surface area (Å²) in [7, 11) is 0. The molecule has 0 aliphatic carbocycles. The average molecular weight is 244 g/mol. The van der Waals surface area contributed by atoms with Gasteiger partial charge in [0.1, 0.15) is 0 Å². The number of hydrogen-bond acceptors (Lipinski definition) is 2. The summed E-state index contributed by atoms with van der Waals surface area (Å²) in [5, 5.41) is 3.71. The Morgan fingerprint density at radius 1 is 1.22 bits per heavy atom. The number of aliphatic imine (C=N–C) groups is 1. The maximum Gasteiger partial charge on any atom is 0.0860 e. The Kier molecular flexibility index (Phi) is 4.05. The van der Waals surface area contributed by atoms with Crippen LogP contribution >= 0.6 is 0 Å². The first-order chi connectivity index (χ1) is 8.67. The summed E-state index contributed by atoms with van der Waals surface area (Å²) in [5.41, 5.74) is 3.77. The van der Waals surface area contributed by atoms with E-state index in [1.165, 1.54) is 30.7 Å². The molecule has 1 aliphatic rings. The Hall–Kier alpha value is -1.31. The minimum Gasteiger partial charge on any atom is -0.378 e. The molecular weight excluding hydrogens is 220 g/mol. The fourth-order valence-electron chi connectivity index (χ4n) is 2.84. The van der Waals surface area contributed by atoms with Crippen molar-refractivity contribution in [2.24, 2.45) is 4.99 Å². The molecule has 1 aromatic rings. The smallest absolute Gasteiger partial charge is 0.0860 e. The van der Waals surface area contributed by atoms with Gasteiger partial charge in [-0.05, 0) is 31.9 Å². The van der Waals surface area contributed by atoms with Gasteiger partial charge in [0.2, 0.25) is 0 Å². The average Bonchev–Trinajstić information content (AvgIpc) is 2.45. The molecule has 0 spiro atoms. The lowest BCUT2D eigenvalue weighted by Gasteiger charge is -2.31. The summed E-state index contributed by atoms with van der Waals surface area (Å²) in [6.07, 6.45) is 5.72. The maximum absolute atomic E-state index is 4.86. The fraction of sp³-hybridized carbons (Fsp3) is 0.562. The van der Waals surface area contributed by atoms with E-state index >= 15 is 0 Å². The number of fused-ring (bicyclic) bond motifs is 1. The lowest BCUT2D eigenvalue weighted by Crippen LogP contribution is -2.36. The third-order valence-corrected chi connectivity index (χ3v) is 3.55. The van der Waals surface area contributed by atoms with E-state index in [1.54, 1.807) is 0 Å². The van der Waals surface area contributed by atoms with Crippen molar-refractivity contribution >= 4 is 17.1 Å². The normalized spacial score (nSPS) is 22.7. The van der Waals surface area contributed by atoms with Crippen molar-refractivity contribution in [3.8, 4) is 0 Å². The highest BCUT2D eigenvalue weighted by atomic mass is 15.0. The lowest BCUT2D eigenvalue weighted by atomic mass is 9.88. The summed E-state index contributed by atoms with van der Waals surface area (Å²) in [5.74, 6) is 0. The largest absolute Gasteiger partial charge is 0.378 e. The molecule has 1 unspecified atom stereocenters. The number of hydrogen-bond donors (Lipinski definition) is 1. The molecule has 1 N–H and O–H groups in total.